The molecular weight excluding hydrogens is 414 g/mol. The lowest BCUT2D eigenvalue weighted by atomic mass is 9.95. The largest absolute Gasteiger partial charge is 0.337 e. The summed E-state index contributed by atoms with van der Waals surface area (Å²) in [7, 11) is 0. The summed E-state index contributed by atoms with van der Waals surface area (Å²) in [5.74, 6) is 0.616. The summed E-state index contributed by atoms with van der Waals surface area (Å²) in [5.41, 5.74) is 7.24. The normalized spacial score (nSPS) is 17.3. The Kier molecular flexibility index (Phi) is 4.72. The Morgan fingerprint density at radius 3 is 2.56 bits per heavy atom. The van der Waals surface area contributed by atoms with Crippen LogP contribution in [0.25, 0.3) is 16.1 Å². The second kappa shape index (κ2) is 7.75. The molecule has 0 unspecified atom stereocenters. The second-order valence-electron chi connectivity index (χ2n) is 8.77. The van der Waals surface area contributed by atoms with Gasteiger partial charge in [0.1, 0.15) is 0 Å². The molecule has 2 aromatic heterocycles. The fraction of sp³-hybridized carbons (Fsp3) is 0.259. The van der Waals surface area contributed by atoms with E-state index in [1.54, 1.807) is 11.3 Å². The van der Waals surface area contributed by atoms with Crippen LogP contribution in [0, 0.1) is 6.92 Å². The summed E-state index contributed by atoms with van der Waals surface area (Å²) < 4.78 is 2.08. The van der Waals surface area contributed by atoms with Crippen molar-refractivity contribution in [3.63, 3.8) is 0 Å². The van der Waals surface area contributed by atoms with Gasteiger partial charge < -0.3 is 4.90 Å². The molecule has 5 heteroatoms. The van der Waals surface area contributed by atoms with Crippen molar-refractivity contribution in [3.05, 3.63) is 94.1 Å². The van der Waals surface area contributed by atoms with Gasteiger partial charge in [0, 0.05) is 29.4 Å². The third kappa shape index (κ3) is 3.19. The number of aromatic nitrogens is 2. The molecule has 1 amide bonds. The fourth-order valence-electron chi connectivity index (χ4n) is 5.17. The maximum atomic E-state index is 13.4. The fourth-order valence-corrected chi connectivity index (χ4v) is 6.46. The minimum absolute atomic E-state index is 0.178. The molecule has 6 rings (SSSR count). The molecule has 0 bridgehead atoms. The highest BCUT2D eigenvalue weighted by Gasteiger charge is 2.32. The number of hydrogen-bond acceptors (Lipinski definition) is 3. The van der Waals surface area contributed by atoms with Crippen LogP contribution in [0.4, 0.5) is 0 Å². The first-order valence-electron chi connectivity index (χ1n) is 11.3. The zero-order valence-electron chi connectivity index (χ0n) is 18.1. The molecule has 1 atom stereocenters. The Morgan fingerprint density at radius 1 is 1.03 bits per heavy atom. The van der Waals surface area contributed by atoms with Crippen molar-refractivity contribution < 1.29 is 4.79 Å². The standard InChI is InChI=1S/C27H25N3OS/c1-18-25-23(30(28-18)22-10-6-3-7-11-22)13-12-20-16-24(32-26(20)25)27(31)29-15-14-21(17-29)19-8-4-2-5-9-19/h2-11,16,21H,12-15,17H2,1H3/t21-/m0/s1. The molecule has 2 aliphatic rings. The summed E-state index contributed by atoms with van der Waals surface area (Å²) in [5, 5.41) is 4.86. The van der Waals surface area contributed by atoms with Gasteiger partial charge in [-0.05, 0) is 55.5 Å². The predicted octanol–water partition coefficient (Wildman–Crippen LogP) is 5.64. The van der Waals surface area contributed by atoms with E-state index in [0.717, 1.165) is 48.6 Å². The summed E-state index contributed by atoms with van der Waals surface area (Å²) >= 11 is 1.65. The number of aryl methyl sites for hydroxylation is 2. The minimum atomic E-state index is 0.178. The molecule has 32 heavy (non-hydrogen) atoms. The first kappa shape index (κ1) is 19.5. The van der Waals surface area contributed by atoms with Gasteiger partial charge in [-0.15, -0.1) is 11.3 Å². The van der Waals surface area contributed by atoms with E-state index < -0.39 is 0 Å². The predicted molar refractivity (Wildman–Crippen MR) is 129 cm³/mol. The van der Waals surface area contributed by atoms with Gasteiger partial charge in [-0.2, -0.15) is 5.10 Å². The number of rotatable bonds is 3. The van der Waals surface area contributed by atoms with Gasteiger partial charge >= 0.3 is 0 Å². The van der Waals surface area contributed by atoms with E-state index >= 15 is 0 Å². The van der Waals surface area contributed by atoms with E-state index in [2.05, 4.69) is 54.1 Å². The molecule has 1 aliphatic carbocycles. The maximum absolute atomic E-state index is 13.4. The number of nitrogens with zero attached hydrogens (tertiary/aromatic N) is 3. The molecule has 0 radical (unpaired) electrons. The Hall–Kier alpha value is -3.18. The molecule has 160 valence electrons. The van der Waals surface area contributed by atoms with Crippen LogP contribution >= 0.6 is 11.3 Å². The molecule has 0 N–H and O–H groups in total. The van der Waals surface area contributed by atoms with Crippen molar-refractivity contribution in [2.45, 2.75) is 32.1 Å². The number of carbonyl (C=O) groups excluding carboxylic acids is 1. The third-order valence-electron chi connectivity index (χ3n) is 6.78. The molecule has 1 saturated heterocycles. The molecule has 4 aromatic rings. The second-order valence-corrected chi connectivity index (χ2v) is 9.82. The summed E-state index contributed by atoms with van der Waals surface area (Å²) in [4.78, 5) is 17.5. The lowest BCUT2D eigenvalue weighted by Gasteiger charge is -2.15. The SMILES string of the molecule is Cc1nn(-c2ccccc2)c2c1-c1sc(C(=O)N3CC[C@H](c4ccccc4)C3)cc1CC2. The highest BCUT2D eigenvalue weighted by Crippen LogP contribution is 2.42. The number of amides is 1. The van der Waals surface area contributed by atoms with Crippen LogP contribution in [0.2, 0.25) is 0 Å². The maximum Gasteiger partial charge on any atom is 0.263 e. The van der Waals surface area contributed by atoms with Gasteiger partial charge in [0.2, 0.25) is 0 Å². The summed E-state index contributed by atoms with van der Waals surface area (Å²) in [6, 6.07) is 23.0. The summed E-state index contributed by atoms with van der Waals surface area (Å²) in [6.45, 7) is 3.72. The Morgan fingerprint density at radius 2 is 1.78 bits per heavy atom. The van der Waals surface area contributed by atoms with Crippen molar-refractivity contribution in [1.29, 1.82) is 0 Å². The number of benzene rings is 2. The van der Waals surface area contributed by atoms with Crippen LogP contribution < -0.4 is 0 Å². The monoisotopic (exact) mass is 439 g/mol. The van der Waals surface area contributed by atoms with Crippen LogP contribution in [-0.4, -0.2) is 33.7 Å². The van der Waals surface area contributed by atoms with Gasteiger partial charge in [0.25, 0.3) is 5.91 Å². The molecule has 1 aliphatic heterocycles. The molecule has 0 spiro atoms. The van der Waals surface area contributed by atoms with E-state index in [-0.39, 0.29) is 5.91 Å². The molecule has 1 fully saturated rings. The Bertz CT molecular complexity index is 1290. The average Bonchev–Trinajstić information content (AvgIpc) is 3.57. The van der Waals surface area contributed by atoms with Crippen molar-refractivity contribution in [2.24, 2.45) is 0 Å². The molecule has 4 nitrogen and oxygen atoms in total. The van der Waals surface area contributed by atoms with E-state index in [0.29, 0.717) is 5.92 Å². The molecule has 0 saturated carbocycles. The molecule has 2 aromatic carbocycles. The van der Waals surface area contributed by atoms with E-state index in [4.69, 9.17) is 5.10 Å². The average molecular weight is 440 g/mol. The number of likely N-dealkylation sites (tertiary alicyclic amines) is 1. The van der Waals surface area contributed by atoms with Crippen molar-refractivity contribution in [2.75, 3.05) is 13.1 Å². The van der Waals surface area contributed by atoms with E-state index in [1.807, 2.05) is 29.2 Å². The van der Waals surface area contributed by atoms with Crippen molar-refractivity contribution in [1.82, 2.24) is 14.7 Å². The molecule has 3 heterocycles. The van der Waals surface area contributed by atoms with E-state index in [9.17, 15) is 4.79 Å². The van der Waals surface area contributed by atoms with Gasteiger partial charge in [-0.3, -0.25) is 4.79 Å². The molecular formula is C27H25N3OS. The summed E-state index contributed by atoms with van der Waals surface area (Å²) in [6.07, 6.45) is 2.94. The lowest BCUT2D eigenvalue weighted by molar-refractivity contribution is 0.0795. The van der Waals surface area contributed by atoms with Crippen LogP contribution in [0.5, 0.6) is 0 Å². The Balaban J connectivity index is 1.29. The third-order valence-corrected chi connectivity index (χ3v) is 7.96. The first-order valence-corrected chi connectivity index (χ1v) is 12.1. The number of hydrogen-bond donors (Lipinski definition) is 0. The van der Waals surface area contributed by atoms with E-state index in [1.165, 1.54) is 27.3 Å². The van der Waals surface area contributed by atoms with Crippen LogP contribution in [-0.2, 0) is 12.8 Å². The zero-order valence-corrected chi connectivity index (χ0v) is 18.9. The number of thiophene rings is 1. The highest BCUT2D eigenvalue weighted by molar-refractivity contribution is 7.17. The lowest BCUT2D eigenvalue weighted by Crippen LogP contribution is -2.27. The van der Waals surface area contributed by atoms with Crippen LogP contribution in [0.15, 0.2) is 66.7 Å². The van der Waals surface area contributed by atoms with Crippen LogP contribution in [0.3, 0.4) is 0 Å². The van der Waals surface area contributed by atoms with Gasteiger partial charge in [-0.25, -0.2) is 4.68 Å². The number of carbonyl (C=O) groups is 1. The first-order chi connectivity index (χ1) is 15.7. The number of para-hydroxylation sites is 1. The Labute approximate surface area is 192 Å². The quantitative estimate of drug-likeness (QED) is 0.414. The highest BCUT2D eigenvalue weighted by atomic mass is 32.1. The smallest absolute Gasteiger partial charge is 0.263 e. The number of fused-ring (bicyclic) bond motifs is 3. The van der Waals surface area contributed by atoms with Gasteiger partial charge in [0.15, 0.2) is 0 Å². The minimum Gasteiger partial charge on any atom is -0.337 e. The van der Waals surface area contributed by atoms with Gasteiger partial charge in [-0.1, -0.05) is 48.5 Å². The van der Waals surface area contributed by atoms with Crippen molar-refractivity contribution >= 4 is 17.2 Å². The van der Waals surface area contributed by atoms with Crippen molar-refractivity contribution in [3.8, 4) is 16.1 Å². The zero-order chi connectivity index (χ0) is 21.7. The van der Waals surface area contributed by atoms with Crippen LogP contribution in [0.1, 0.15) is 44.5 Å². The topological polar surface area (TPSA) is 38.1 Å². The van der Waals surface area contributed by atoms with Gasteiger partial charge in [0.05, 0.1) is 22.0 Å².